The molecule has 1 heterocycles. The summed E-state index contributed by atoms with van der Waals surface area (Å²) in [4.78, 5) is 14.8. The van der Waals surface area contributed by atoms with E-state index in [4.69, 9.17) is 4.74 Å². The Kier molecular flexibility index (Phi) is 5.18. The molecule has 0 radical (unpaired) electrons. The molecule has 2 aromatic rings. The number of aliphatic imine (C=N–C) groups is 1. The molecule has 0 saturated carbocycles. The molecule has 1 aliphatic heterocycles. The number of rotatable bonds is 6. The standard InChI is InChI=1S/C18H19N3O3/c22-21(23)17-4-1-3-15(11-17)13-24-12-14-5-7-16(8-6-14)18-19-9-2-10-20-18/h1,3-8,11H,2,9-10,12-13H2,(H,19,20). The van der Waals surface area contributed by atoms with Gasteiger partial charge < -0.3 is 10.1 Å². The zero-order valence-electron chi connectivity index (χ0n) is 13.3. The summed E-state index contributed by atoms with van der Waals surface area (Å²) in [6.07, 6.45) is 1.08. The molecule has 0 aromatic heterocycles. The predicted octanol–water partition coefficient (Wildman–Crippen LogP) is 3.05. The van der Waals surface area contributed by atoms with Crippen molar-refractivity contribution in [3.8, 4) is 0 Å². The first kappa shape index (κ1) is 16.1. The van der Waals surface area contributed by atoms with Gasteiger partial charge in [0.2, 0.25) is 0 Å². The Hall–Kier alpha value is -2.73. The minimum Gasteiger partial charge on any atom is -0.372 e. The highest BCUT2D eigenvalue weighted by Crippen LogP contribution is 2.15. The van der Waals surface area contributed by atoms with Crippen molar-refractivity contribution in [2.75, 3.05) is 13.1 Å². The molecule has 6 nitrogen and oxygen atoms in total. The molecule has 24 heavy (non-hydrogen) atoms. The Bertz CT molecular complexity index is 741. The van der Waals surface area contributed by atoms with Crippen LogP contribution in [0.25, 0.3) is 0 Å². The molecule has 2 aromatic carbocycles. The van der Waals surface area contributed by atoms with Gasteiger partial charge in [0.25, 0.3) is 5.69 Å². The fourth-order valence-corrected chi connectivity index (χ4v) is 2.53. The zero-order chi connectivity index (χ0) is 16.8. The maximum absolute atomic E-state index is 10.8. The lowest BCUT2D eigenvalue weighted by Gasteiger charge is -2.14. The summed E-state index contributed by atoms with van der Waals surface area (Å²) < 4.78 is 5.66. The molecule has 0 atom stereocenters. The third-order valence-electron chi connectivity index (χ3n) is 3.78. The van der Waals surface area contributed by atoms with Crippen molar-refractivity contribution < 1.29 is 9.66 Å². The summed E-state index contributed by atoms with van der Waals surface area (Å²) >= 11 is 0. The Morgan fingerprint density at radius 3 is 2.62 bits per heavy atom. The first-order chi connectivity index (χ1) is 11.7. The lowest BCUT2D eigenvalue weighted by Crippen LogP contribution is -2.30. The van der Waals surface area contributed by atoms with Crippen LogP contribution < -0.4 is 5.32 Å². The van der Waals surface area contributed by atoms with Gasteiger partial charge in [-0.05, 0) is 17.5 Å². The summed E-state index contributed by atoms with van der Waals surface area (Å²) in [6.45, 7) is 2.64. The summed E-state index contributed by atoms with van der Waals surface area (Å²) in [5, 5.41) is 14.1. The van der Waals surface area contributed by atoms with Crippen molar-refractivity contribution in [2.24, 2.45) is 4.99 Å². The first-order valence-corrected chi connectivity index (χ1v) is 7.91. The number of hydrogen-bond acceptors (Lipinski definition) is 5. The number of amidine groups is 1. The average molecular weight is 325 g/mol. The zero-order valence-corrected chi connectivity index (χ0v) is 13.3. The van der Waals surface area contributed by atoms with Crippen molar-refractivity contribution in [3.05, 3.63) is 75.3 Å². The average Bonchev–Trinajstić information content (AvgIpc) is 2.63. The third kappa shape index (κ3) is 4.17. The molecule has 1 aliphatic rings. The molecule has 124 valence electrons. The summed E-state index contributed by atoms with van der Waals surface area (Å²) in [5.41, 5.74) is 3.01. The van der Waals surface area contributed by atoms with Gasteiger partial charge in [0, 0.05) is 30.8 Å². The van der Waals surface area contributed by atoms with Crippen molar-refractivity contribution in [2.45, 2.75) is 19.6 Å². The number of nitro groups is 1. The predicted molar refractivity (Wildman–Crippen MR) is 92.1 cm³/mol. The van der Waals surface area contributed by atoms with Crippen LogP contribution >= 0.6 is 0 Å². The topological polar surface area (TPSA) is 76.8 Å². The van der Waals surface area contributed by atoms with E-state index in [1.807, 2.05) is 30.3 Å². The molecular formula is C18H19N3O3. The maximum Gasteiger partial charge on any atom is 0.269 e. The van der Waals surface area contributed by atoms with E-state index in [0.29, 0.717) is 13.2 Å². The smallest absolute Gasteiger partial charge is 0.269 e. The van der Waals surface area contributed by atoms with Gasteiger partial charge in [-0.3, -0.25) is 15.1 Å². The second-order valence-electron chi connectivity index (χ2n) is 5.63. The summed E-state index contributed by atoms with van der Waals surface area (Å²) in [6, 6.07) is 14.6. The Labute approximate surface area is 140 Å². The molecule has 0 aliphatic carbocycles. The number of benzene rings is 2. The van der Waals surface area contributed by atoms with Gasteiger partial charge in [-0.1, -0.05) is 36.4 Å². The second kappa shape index (κ2) is 7.70. The number of nitrogens with one attached hydrogen (secondary N) is 1. The van der Waals surface area contributed by atoms with Crippen molar-refractivity contribution in [3.63, 3.8) is 0 Å². The van der Waals surface area contributed by atoms with Gasteiger partial charge in [-0.25, -0.2) is 0 Å². The number of nitrogens with zero attached hydrogens (tertiary/aromatic N) is 2. The highest BCUT2D eigenvalue weighted by molar-refractivity contribution is 5.99. The van der Waals surface area contributed by atoms with Crippen molar-refractivity contribution >= 4 is 11.5 Å². The van der Waals surface area contributed by atoms with Crippen molar-refractivity contribution in [1.82, 2.24) is 5.32 Å². The molecule has 0 bridgehead atoms. The van der Waals surface area contributed by atoms with Gasteiger partial charge in [-0.2, -0.15) is 0 Å². The molecule has 3 rings (SSSR count). The van der Waals surface area contributed by atoms with E-state index in [2.05, 4.69) is 10.3 Å². The highest BCUT2D eigenvalue weighted by Gasteiger charge is 2.07. The Morgan fingerprint density at radius 2 is 1.92 bits per heavy atom. The van der Waals surface area contributed by atoms with E-state index in [1.165, 1.54) is 12.1 Å². The van der Waals surface area contributed by atoms with Gasteiger partial charge in [0.1, 0.15) is 5.84 Å². The van der Waals surface area contributed by atoms with E-state index in [9.17, 15) is 10.1 Å². The minimum atomic E-state index is -0.399. The highest BCUT2D eigenvalue weighted by atomic mass is 16.6. The van der Waals surface area contributed by atoms with E-state index in [-0.39, 0.29) is 5.69 Å². The third-order valence-corrected chi connectivity index (χ3v) is 3.78. The molecule has 0 saturated heterocycles. The fraction of sp³-hybridized carbons (Fsp3) is 0.278. The van der Waals surface area contributed by atoms with Gasteiger partial charge in [0.15, 0.2) is 0 Å². The number of ether oxygens (including phenoxy) is 1. The van der Waals surface area contributed by atoms with Crippen LogP contribution in [0.15, 0.2) is 53.5 Å². The number of hydrogen-bond donors (Lipinski definition) is 1. The molecule has 0 spiro atoms. The lowest BCUT2D eigenvalue weighted by atomic mass is 10.1. The summed E-state index contributed by atoms with van der Waals surface area (Å²) in [7, 11) is 0. The van der Waals surface area contributed by atoms with E-state index >= 15 is 0 Å². The largest absolute Gasteiger partial charge is 0.372 e. The Morgan fingerprint density at radius 1 is 1.12 bits per heavy atom. The molecule has 6 heteroatoms. The molecule has 0 unspecified atom stereocenters. The maximum atomic E-state index is 10.8. The van der Waals surface area contributed by atoms with Crippen LogP contribution in [0.4, 0.5) is 5.69 Å². The fourth-order valence-electron chi connectivity index (χ4n) is 2.53. The van der Waals surface area contributed by atoms with E-state index < -0.39 is 4.92 Å². The van der Waals surface area contributed by atoms with Crippen molar-refractivity contribution in [1.29, 1.82) is 0 Å². The normalized spacial score (nSPS) is 13.9. The molecule has 1 N–H and O–H groups in total. The molecular weight excluding hydrogens is 306 g/mol. The van der Waals surface area contributed by atoms with Crippen LogP contribution in [-0.4, -0.2) is 23.8 Å². The number of non-ortho nitro benzene ring substituents is 1. The van der Waals surface area contributed by atoms with Crippen LogP contribution in [0.3, 0.4) is 0 Å². The second-order valence-corrected chi connectivity index (χ2v) is 5.63. The van der Waals surface area contributed by atoms with Crippen LogP contribution in [0.1, 0.15) is 23.1 Å². The lowest BCUT2D eigenvalue weighted by molar-refractivity contribution is -0.384. The van der Waals surface area contributed by atoms with Gasteiger partial charge >= 0.3 is 0 Å². The van der Waals surface area contributed by atoms with Gasteiger partial charge in [-0.15, -0.1) is 0 Å². The van der Waals surface area contributed by atoms with Gasteiger partial charge in [0.05, 0.1) is 18.1 Å². The Balaban J connectivity index is 1.54. The SMILES string of the molecule is O=[N+]([O-])c1cccc(COCc2ccc(C3=NCCCN3)cc2)c1. The number of nitro benzene ring substituents is 1. The molecule has 0 fully saturated rings. The quantitative estimate of drug-likeness (QED) is 0.654. The van der Waals surface area contributed by atoms with Crippen LogP contribution in [0.5, 0.6) is 0 Å². The van der Waals surface area contributed by atoms with Crippen LogP contribution in [-0.2, 0) is 18.0 Å². The van der Waals surface area contributed by atoms with Crippen LogP contribution in [0.2, 0.25) is 0 Å². The van der Waals surface area contributed by atoms with E-state index in [1.54, 1.807) is 6.07 Å². The van der Waals surface area contributed by atoms with E-state index in [0.717, 1.165) is 42.0 Å². The first-order valence-electron chi connectivity index (χ1n) is 7.91. The molecule has 0 amide bonds. The minimum absolute atomic E-state index is 0.0845. The monoisotopic (exact) mass is 325 g/mol. The summed E-state index contributed by atoms with van der Waals surface area (Å²) in [5.74, 6) is 0.949. The van der Waals surface area contributed by atoms with Crippen LogP contribution in [0, 0.1) is 10.1 Å².